The molecule has 1 heterocycles. The normalized spacial score (nSPS) is 21.1. The second kappa shape index (κ2) is 14.7. The minimum Gasteiger partial charge on any atom is -0.466 e. The first-order valence-corrected chi connectivity index (χ1v) is 15.9. The van der Waals surface area contributed by atoms with Gasteiger partial charge >= 0.3 is 24.4 Å². The summed E-state index contributed by atoms with van der Waals surface area (Å²) in [6.45, 7) is 5.26. The molecule has 0 N–H and O–H groups in total. The van der Waals surface area contributed by atoms with E-state index in [0.29, 0.717) is 62.0 Å². The van der Waals surface area contributed by atoms with Gasteiger partial charge in [0.15, 0.2) is 0 Å². The van der Waals surface area contributed by atoms with Crippen LogP contribution in [0.4, 0.5) is 35.5 Å². The molecule has 7 nitrogen and oxygen atoms in total. The van der Waals surface area contributed by atoms with Gasteiger partial charge in [0.1, 0.15) is 5.82 Å². The third-order valence-corrected chi connectivity index (χ3v) is 9.46. The number of carbonyl (C=O) groups excluding carboxylic acids is 3. The predicted octanol–water partition coefficient (Wildman–Crippen LogP) is 7.93. The zero-order chi connectivity index (χ0) is 35.6. The van der Waals surface area contributed by atoms with Crippen LogP contribution in [0.1, 0.15) is 85.9 Å². The molecule has 1 aliphatic heterocycles. The molecule has 0 aromatic heterocycles. The van der Waals surface area contributed by atoms with Crippen molar-refractivity contribution in [3.8, 4) is 0 Å². The standard InChI is InChI=1S/C34H40F7N3O4/c1-5-48-30(45)15-22-6-8-23(9-7-22)31(46)43-12-13-44(29(19-43)28-11-10-27(35)14-20(28)2)32(47)42(4)21(3)24-16-25(33(36,37)38)18-26(17-24)34(39,40)41/h10-11,14,16-18,21-23,29H,5-9,12-13,15,19H2,1-4H3/t21-,22-,23-,29-/m1/s1. The molecule has 2 atom stereocenters. The summed E-state index contributed by atoms with van der Waals surface area (Å²) in [7, 11) is 1.29. The first-order valence-electron chi connectivity index (χ1n) is 15.9. The van der Waals surface area contributed by atoms with Crippen LogP contribution in [0.5, 0.6) is 0 Å². The lowest BCUT2D eigenvalue weighted by Crippen LogP contribution is -2.56. The van der Waals surface area contributed by atoms with Gasteiger partial charge in [-0.3, -0.25) is 9.59 Å². The number of rotatable bonds is 7. The molecule has 0 radical (unpaired) electrons. The monoisotopic (exact) mass is 687 g/mol. The Hall–Kier alpha value is -3.84. The SMILES string of the molecule is CCOC(=O)C[C@H]1CC[C@H](C(=O)N2CCN(C(=O)N(C)[C@H](C)c3cc(C(F)(F)F)cc(C(F)(F)F)c3)[C@@H](c3ccc(F)cc3C)C2)CC1. The molecule has 1 saturated carbocycles. The van der Waals surface area contributed by atoms with Gasteiger partial charge in [-0.1, -0.05) is 6.07 Å². The number of hydrogen-bond acceptors (Lipinski definition) is 4. The first-order chi connectivity index (χ1) is 22.4. The van der Waals surface area contributed by atoms with E-state index in [-0.39, 0.29) is 55.0 Å². The molecule has 4 rings (SSSR count). The number of esters is 1. The van der Waals surface area contributed by atoms with Crippen molar-refractivity contribution in [2.45, 2.75) is 77.3 Å². The van der Waals surface area contributed by atoms with Crippen LogP contribution in [-0.2, 0) is 26.7 Å². The average molecular weight is 688 g/mol. The molecule has 2 fully saturated rings. The van der Waals surface area contributed by atoms with Crippen LogP contribution in [0.2, 0.25) is 0 Å². The van der Waals surface area contributed by atoms with Gasteiger partial charge in [0.05, 0.1) is 29.8 Å². The highest BCUT2D eigenvalue weighted by molar-refractivity contribution is 5.80. The summed E-state index contributed by atoms with van der Waals surface area (Å²) in [5, 5.41) is 0. The molecular formula is C34H40F7N3O4. The Balaban J connectivity index is 1.56. The average Bonchev–Trinajstić information content (AvgIpc) is 3.02. The summed E-state index contributed by atoms with van der Waals surface area (Å²) in [5.74, 6) is -1.04. The minimum absolute atomic E-state index is 0.0255. The van der Waals surface area contributed by atoms with Crippen molar-refractivity contribution >= 4 is 17.9 Å². The van der Waals surface area contributed by atoms with Gasteiger partial charge in [0.25, 0.3) is 0 Å². The summed E-state index contributed by atoms with van der Waals surface area (Å²) in [6, 6.07) is 2.63. The third-order valence-electron chi connectivity index (χ3n) is 9.46. The van der Waals surface area contributed by atoms with Crippen LogP contribution < -0.4 is 0 Å². The zero-order valence-electron chi connectivity index (χ0n) is 27.3. The van der Waals surface area contributed by atoms with Gasteiger partial charge in [-0.15, -0.1) is 0 Å². The highest BCUT2D eigenvalue weighted by Crippen LogP contribution is 2.39. The van der Waals surface area contributed by atoms with E-state index in [1.165, 1.54) is 37.1 Å². The van der Waals surface area contributed by atoms with Crippen LogP contribution in [0.15, 0.2) is 36.4 Å². The van der Waals surface area contributed by atoms with E-state index in [1.54, 1.807) is 18.7 Å². The highest BCUT2D eigenvalue weighted by Gasteiger charge is 2.41. The van der Waals surface area contributed by atoms with Gasteiger partial charge in [-0.25, -0.2) is 9.18 Å². The predicted molar refractivity (Wildman–Crippen MR) is 162 cm³/mol. The van der Waals surface area contributed by atoms with Crippen molar-refractivity contribution in [3.63, 3.8) is 0 Å². The van der Waals surface area contributed by atoms with Crippen molar-refractivity contribution < 1.29 is 49.9 Å². The van der Waals surface area contributed by atoms with Crippen LogP contribution >= 0.6 is 0 Å². The molecule has 3 amide bonds. The second-order valence-corrected chi connectivity index (χ2v) is 12.6. The number of amides is 3. The van der Waals surface area contributed by atoms with Crippen LogP contribution in [0.25, 0.3) is 0 Å². The molecule has 264 valence electrons. The van der Waals surface area contributed by atoms with Crippen LogP contribution in [0, 0.1) is 24.6 Å². The lowest BCUT2D eigenvalue weighted by atomic mass is 9.79. The molecule has 48 heavy (non-hydrogen) atoms. The Morgan fingerprint density at radius 2 is 1.54 bits per heavy atom. The summed E-state index contributed by atoms with van der Waals surface area (Å²) >= 11 is 0. The van der Waals surface area contributed by atoms with Crippen molar-refractivity contribution in [3.05, 3.63) is 70.0 Å². The molecule has 1 aliphatic carbocycles. The Labute approximate surface area is 275 Å². The van der Waals surface area contributed by atoms with E-state index < -0.39 is 47.4 Å². The fourth-order valence-corrected chi connectivity index (χ4v) is 6.63. The topological polar surface area (TPSA) is 70.2 Å². The number of halogens is 7. The van der Waals surface area contributed by atoms with E-state index >= 15 is 0 Å². The Morgan fingerprint density at radius 1 is 0.938 bits per heavy atom. The van der Waals surface area contributed by atoms with Crippen molar-refractivity contribution in [1.29, 1.82) is 0 Å². The second-order valence-electron chi connectivity index (χ2n) is 12.6. The maximum absolute atomic E-state index is 14.1. The molecule has 2 aromatic rings. The largest absolute Gasteiger partial charge is 0.466 e. The molecule has 0 unspecified atom stereocenters. The molecule has 1 saturated heterocycles. The summed E-state index contributed by atoms with van der Waals surface area (Å²) < 4.78 is 100. The number of carbonyl (C=O) groups is 3. The summed E-state index contributed by atoms with van der Waals surface area (Å²) in [5.41, 5.74) is -2.26. The van der Waals surface area contributed by atoms with Gasteiger partial charge in [-0.2, -0.15) is 26.3 Å². The smallest absolute Gasteiger partial charge is 0.416 e. The lowest BCUT2D eigenvalue weighted by Gasteiger charge is -2.45. The fraction of sp³-hybridized carbons (Fsp3) is 0.559. The highest BCUT2D eigenvalue weighted by atomic mass is 19.4. The summed E-state index contributed by atoms with van der Waals surface area (Å²) in [4.78, 5) is 43.7. The number of ether oxygens (including phenoxy) is 1. The molecule has 2 aromatic carbocycles. The number of aryl methyl sites for hydroxylation is 1. The maximum Gasteiger partial charge on any atom is 0.416 e. The van der Waals surface area contributed by atoms with E-state index in [4.69, 9.17) is 4.74 Å². The zero-order valence-corrected chi connectivity index (χ0v) is 27.3. The Kier molecular flexibility index (Phi) is 11.4. The lowest BCUT2D eigenvalue weighted by molar-refractivity contribution is -0.145. The van der Waals surface area contributed by atoms with Crippen molar-refractivity contribution in [2.75, 3.05) is 33.3 Å². The number of hydrogen-bond donors (Lipinski definition) is 0. The quantitative estimate of drug-likeness (QED) is 0.219. The van der Waals surface area contributed by atoms with E-state index in [0.717, 1.165) is 4.90 Å². The van der Waals surface area contributed by atoms with Gasteiger partial charge in [0.2, 0.25) is 5.91 Å². The molecule has 0 spiro atoms. The van der Waals surface area contributed by atoms with Crippen LogP contribution in [0.3, 0.4) is 0 Å². The number of benzene rings is 2. The molecule has 14 heteroatoms. The van der Waals surface area contributed by atoms with Gasteiger partial charge < -0.3 is 19.4 Å². The third kappa shape index (κ3) is 8.59. The number of nitrogens with zero attached hydrogens (tertiary/aromatic N) is 3. The van der Waals surface area contributed by atoms with Crippen molar-refractivity contribution in [2.24, 2.45) is 11.8 Å². The minimum atomic E-state index is -5.05. The fourth-order valence-electron chi connectivity index (χ4n) is 6.63. The van der Waals surface area contributed by atoms with Gasteiger partial charge in [0, 0.05) is 39.0 Å². The van der Waals surface area contributed by atoms with E-state index in [9.17, 15) is 45.1 Å². The summed E-state index contributed by atoms with van der Waals surface area (Å²) in [6.07, 6.45) is -7.27. The number of urea groups is 1. The van der Waals surface area contributed by atoms with E-state index in [2.05, 4.69) is 0 Å². The Morgan fingerprint density at radius 3 is 2.08 bits per heavy atom. The van der Waals surface area contributed by atoms with Crippen LogP contribution in [-0.4, -0.2) is 65.9 Å². The van der Waals surface area contributed by atoms with Crippen molar-refractivity contribution in [1.82, 2.24) is 14.7 Å². The maximum atomic E-state index is 14.1. The Bertz CT molecular complexity index is 1460. The molecule has 2 aliphatic rings. The number of alkyl halides is 6. The molecular weight excluding hydrogens is 647 g/mol. The first kappa shape index (κ1) is 37.0. The van der Waals surface area contributed by atoms with Gasteiger partial charge in [-0.05, 0) is 99.4 Å². The number of piperazine rings is 1. The molecule has 0 bridgehead atoms. The van der Waals surface area contributed by atoms with E-state index in [1.807, 2.05) is 0 Å².